The van der Waals surface area contributed by atoms with Crippen LogP contribution in [0.3, 0.4) is 0 Å². The maximum Gasteiger partial charge on any atom is 0.259 e. The van der Waals surface area contributed by atoms with E-state index in [1.165, 1.54) is 12.3 Å². The van der Waals surface area contributed by atoms with Gasteiger partial charge >= 0.3 is 0 Å². The van der Waals surface area contributed by atoms with Crippen LogP contribution in [0.1, 0.15) is 19.4 Å². The Bertz CT molecular complexity index is 994. The molecule has 3 aromatic carbocycles. The van der Waals surface area contributed by atoms with Gasteiger partial charge in [0.05, 0.1) is 18.9 Å². The van der Waals surface area contributed by atoms with Crippen molar-refractivity contribution < 1.29 is 14.6 Å². The molecule has 3 N–H and O–H groups in total. The number of nitrogens with one attached hydrogen (secondary N) is 2. The Labute approximate surface area is 163 Å². The number of hydrazone groups is 1. The molecule has 0 aromatic heterocycles. The molecule has 0 radical (unpaired) electrons. The van der Waals surface area contributed by atoms with Crippen LogP contribution in [-0.2, 0) is 4.79 Å². The number of fused-ring (bicyclic) bond motifs is 1. The number of hydrogen-bond donors (Lipinski definition) is 3. The number of aromatic hydroxyl groups is 1. The van der Waals surface area contributed by atoms with Crippen LogP contribution in [0.2, 0.25) is 0 Å². The highest BCUT2D eigenvalue weighted by Gasteiger charge is 2.05. The van der Waals surface area contributed by atoms with E-state index in [9.17, 15) is 9.90 Å². The maximum absolute atomic E-state index is 12.0. The molecule has 6 nitrogen and oxygen atoms in total. The predicted molar refractivity (Wildman–Crippen MR) is 112 cm³/mol. The Morgan fingerprint density at radius 1 is 1.14 bits per heavy atom. The van der Waals surface area contributed by atoms with Gasteiger partial charge in [0.2, 0.25) is 0 Å². The van der Waals surface area contributed by atoms with Gasteiger partial charge in [-0.15, -0.1) is 0 Å². The number of carbonyl (C=O) groups is 1. The maximum atomic E-state index is 12.0. The average Bonchev–Trinajstić information content (AvgIpc) is 2.67. The number of ether oxygens (including phenoxy) is 1. The molecule has 0 aliphatic carbocycles. The summed E-state index contributed by atoms with van der Waals surface area (Å²) in [6.45, 7) is 3.90. The Kier molecular flexibility index (Phi) is 6.11. The first-order valence-corrected chi connectivity index (χ1v) is 9.06. The number of hydrogen-bond acceptors (Lipinski definition) is 5. The molecule has 144 valence electrons. The molecule has 0 bridgehead atoms. The Morgan fingerprint density at radius 2 is 1.93 bits per heavy atom. The molecule has 0 heterocycles. The summed E-state index contributed by atoms with van der Waals surface area (Å²) in [6, 6.07) is 18.8. The van der Waals surface area contributed by atoms with Crippen molar-refractivity contribution in [1.82, 2.24) is 5.43 Å². The number of phenolic OH excluding ortho intramolecular Hbond substituents is 1. The molecule has 0 saturated heterocycles. The van der Waals surface area contributed by atoms with E-state index in [1.807, 2.05) is 56.3 Å². The second kappa shape index (κ2) is 8.90. The first-order chi connectivity index (χ1) is 13.5. The summed E-state index contributed by atoms with van der Waals surface area (Å²) in [5.74, 6) is 0.321. The van der Waals surface area contributed by atoms with Crippen LogP contribution < -0.4 is 15.5 Å². The molecule has 0 saturated carbocycles. The topological polar surface area (TPSA) is 83.0 Å². The van der Waals surface area contributed by atoms with Gasteiger partial charge in [0.25, 0.3) is 5.91 Å². The molecule has 1 amide bonds. The van der Waals surface area contributed by atoms with Crippen molar-refractivity contribution >= 4 is 28.6 Å². The average molecular weight is 377 g/mol. The first kappa shape index (κ1) is 19.2. The molecule has 6 heteroatoms. The van der Waals surface area contributed by atoms with E-state index in [0.717, 1.165) is 16.5 Å². The second-order valence-corrected chi connectivity index (χ2v) is 6.56. The van der Waals surface area contributed by atoms with Crippen LogP contribution in [0.15, 0.2) is 65.8 Å². The minimum absolute atomic E-state index is 0.0208. The van der Waals surface area contributed by atoms with Crippen LogP contribution in [-0.4, -0.2) is 29.9 Å². The summed E-state index contributed by atoms with van der Waals surface area (Å²) < 4.78 is 5.51. The van der Waals surface area contributed by atoms with Gasteiger partial charge in [-0.1, -0.05) is 36.4 Å². The van der Waals surface area contributed by atoms with Crippen molar-refractivity contribution in [2.45, 2.75) is 20.0 Å². The fraction of sp³-hybridized carbons (Fsp3) is 0.182. The van der Waals surface area contributed by atoms with Gasteiger partial charge < -0.3 is 15.2 Å². The summed E-state index contributed by atoms with van der Waals surface area (Å²) in [7, 11) is 0. The van der Waals surface area contributed by atoms with E-state index in [1.54, 1.807) is 12.1 Å². The minimum atomic E-state index is -0.288. The van der Waals surface area contributed by atoms with Crippen LogP contribution in [0.25, 0.3) is 10.8 Å². The lowest BCUT2D eigenvalue weighted by Gasteiger charge is -2.10. The molecule has 0 unspecified atom stereocenters. The number of amides is 1. The molecule has 3 rings (SSSR count). The van der Waals surface area contributed by atoms with E-state index in [4.69, 9.17) is 4.74 Å². The van der Waals surface area contributed by atoms with E-state index in [-0.39, 0.29) is 24.3 Å². The second-order valence-electron chi connectivity index (χ2n) is 6.56. The van der Waals surface area contributed by atoms with Crippen molar-refractivity contribution in [1.29, 1.82) is 0 Å². The normalized spacial score (nSPS) is 11.1. The highest BCUT2D eigenvalue weighted by atomic mass is 16.5. The van der Waals surface area contributed by atoms with E-state index < -0.39 is 0 Å². The molecular formula is C22H23N3O3. The Morgan fingerprint density at radius 3 is 2.71 bits per heavy atom. The molecule has 28 heavy (non-hydrogen) atoms. The predicted octanol–water partition coefficient (Wildman–Crippen LogP) is 3.89. The quantitative estimate of drug-likeness (QED) is 0.431. The van der Waals surface area contributed by atoms with Gasteiger partial charge in [-0.05, 0) is 37.4 Å². The van der Waals surface area contributed by atoms with Gasteiger partial charge in [0.15, 0.2) is 0 Å². The van der Waals surface area contributed by atoms with Gasteiger partial charge in [0.1, 0.15) is 11.5 Å². The van der Waals surface area contributed by atoms with Crippen LogP contribution >= 0.6 is 0 Å². The van der Waals surface area contributed by atoms with E-state index in [0.29, 0.717) is 11.3 Å². The fourth-order valence-electron chi connectivity index (χ4n) is 2.75. The van der Waals surface area contributed by atoms with Crippen molar-refractivity contribution in [2.75, 3.05) is 11.9 Å². The van der Waals surface area contributed by atoms with Gasteiger partial charge in [-0.3, -0.25) is 4.79 Å². The van der Waals surface area contributed by atoms with Crippen molar-refractivity contribution in [3.63, 3.8) is 0 Å². The largest absolute Gasteiger partial charge is 0.507 e. The third-order valence-corrected chi connectivity index (χ3v) is 4.00. The summed E-state index contributed by atoms with van der Waals surface area (Å²) in [5, 5.41) is 19.2. The number of carbonyl (C=O) groups excluding carboxylic acids is 1. The minimum Gasteiger partial charge on any atom is -0.507 e. The standard InChI is InChI=1S/C22H23N3O3/c1-15(2)28-18-11-10-17(21(26)12-18)13-24-25-22(27)14-23-20-9-5-7-16-6-3-4-8-19(16)20/h3-13,15,23,26H,14H2,1-2H3,(H,25,27)/b24-13-. The highest BCUT2D eigenvalue weighted by molar-refractivity contribution is 5.95. The molecule has 0 atom stereocenters. The van der Waals surface area contributed by atoms with Crippen molar-refractivity contribution in [3.8, 4) is 11.5 Å². The lowest BCUT2D eigenvalue weighted by atomic mass is 10.1. The zero-order valence-corrected chi connectivity index (χ0v) is 15.8. The summed E-state index contributed by atoms with van der Waals surface area (Å²) in [5.41, 5.74) is 3.82. The van der Waals surface area contributed by atoms with Crippen molar-refractivity contribution in [2.24, 2.45) is 5.10 Å². The summed E-state index contributed by atoms with van der Waals surface area (Å²) >= 11 is 0. The lowest BCUT2D eigenvalue weighted by Crippen LogP contribution is -2.25. The fourth-order valence-corrected chi connectivity index (χ4v) is 2.75. The molecule has 0 aliphatic heterocycles. The van der Waals surface area contributed by atoms with Gasteiger partial charge in [-0.2, -0.15) is 5.10 Å². The Hall–Kier alpha value is -3.54. The lowest BCUT2D eigenvalue weighted by molar-refractivity contribution is -0.119. The van der Waals surface area contributed by atoms with Crippen LogP contribution in [0, 0.1) is 0 Å². The van der Waals surface area contributed by atoms with E-state index >= 15 is 0 Å². The van der Waals surface area contributed by atoms with E-state index in [2.05, 4.69) is 15.8 Å². The number of benzene rings is 3. The SMILES string of the molecule is CC(C)Oc1ccc(/C=N\NC(=O)CNc2cccc3ccccc23)c(O)c1. The zero-order valence-electron chi connectivity index (χ0n) is 15.8. The molecule has 0 aliphatic rings. The number of anilines is 1. The molecule has 0 fully saturated rings. The number of phenols is 1. The smallest absolute Gasteiger partial charge is 0.259 e. The third-order valence-electron chi connectivity index (χ3n) is 4.00. The summed E-state index contributed by atoms with van der Waals surface area (Å²) in [4.78, 5) is 12.0. The number of nitrogens with zero attached hydrogens (tertiary/aromatic N) is 1. The zero-order chi connectivity index (χ0) is 19.9. The van der Waals surface area contributed by atoms with Crippen LogP contribution in [0.5, 0.6) is 11.5 Å². The summed E-state index contributed by atoms with van der Waals surface area (Å²) in [6.07, 6.45) is 1.41. The number of rotatable bonds is 7. The van der Waals surface area contributed by atoms with Crippen molar-refractivity contribution in [3.05, 3.63) is 66.2 Å². The first-order valence-electron chi connectivity index (χ1n) is 9.06. The van der Waals surface area contributed by atoms with Gasteiger partial charge in [-0.25, -0.2) is 5.43 Å². The molecular weight excluding hydrogens is 354 g/mol. The van der Waals surface area contributed by atoms with Crippen LogP contribution in [0.4, 0.5) is 5.69 Å². The molecule has 0 spiro atoms. The monoisotopic (exact) mass is 377 g/mol. The third kappa shape index (κ3) is 5.01. The van der Waals surface area contributed by atoms with Gasteiger partial charge in [0, 0.05) is 22.7 Å². The highest BCUT2D eigenvalue weighted by Crippen LogP contribution is 2.23. The Balaban J connectivity index is 1.55. The molecule has 3 aromatic rings.